The third kappa shape index (κ3) is 3.38. The topological polar surface area (TPSA) is 46.1 Å². The van der Waals surface area contributed by atoms with Gasteiger partial charge < -0.3 is 4.90 Å². The normalized spacial score (nSPS) is 10.3. The van der Waals surface area contributed by atoms with Crippen LogP contribution >= 0.6 is 0 Å². The van der Waals surface area contributed by atoms with Crippen molar-refractivity contribution in [3.05, 3.63) is 59.4 Å². The van der Waals surface area contributed by atoms with Crippen molar-refractivity contribution in [3.8, 4) is 0 Å². The van der Waals surface area contributed by atoms with Gasteiger partial charge in [-0.2, -0.15) is 4.39 Å². The Balaban J connectivity index is 2.18. The van der Waals surface area contributed by atoms with E-state index in [1.165, 1.54) is 12.3 Å². The predicted octanol–water partition coefficient (Wildman–Crippen LogP) is 2.59. The molecule has 0 atom stereocenters. The highest BCUT2D eigenvalue weighted by Gasteiger charge is 2.15. The van der Waals surface area contributed by atoms with E-state index in [1.807, 2.05) is 32.0 Å². The summed E-state index contributed by atoms with van der Waals surface area (Å²) in [7, 11) is 0. The van der Waals surface area contributed by atoms with Gasteiger partial charge in [0.2, 0.25) is 5.95 Å². The number of aromatic nitrogens is 2. The van der Waals surface area contributed by atoms with E-state index in [2.05, 4.69) is 9.97 Å². The molecule has 0 aliphatic rings. The van der Waals surface area contributed by atoms with E-state index in [0.717, 1.165) is 17.5 Å². The molecule has 0 unspecified atom stereocenters. The van der Waals surface area contributed by atoms with Crippen LogP contribution in [0.5, 0.6) is 0 Å². The highest BCUT2D eigenvalue weighted by Crippen LogP contribution is 2.09. The Hall–Kier alpha value is -2.30. The molecule has 1 amide bonds. The predicted molar refractivity (Wildman–Crippen MR) is 73.6 cm³/mol. The van der Waals surface area contributed by atoms with Crippen molar-refractivity contribution in [1.82, 2.24) is 14.9 Å². The summed E-state index contributed by atoms with van der Waals surface area (Å²) in [5.74, 6) is -0.877. The number of amides is 1. The van der Waals surface area contributed by atoms with Gasteiger partial charge in [-0.15, -0.1) is 0 Å². The lowest BCUT2D eigenvalue weighted by atomic mass is 10.2. The molecule has 2 aromatic heterocycles. The molecule has 0 aliphatic heterocycles. The van der Waals surface area contributed by atoms with Crippen LogP contribution in [0.15, 0.2) is 36.5 Å². The number of hydrogen-bond acceptors (Lipinski definition) is 3. The average Bonchev–Trinajstić information content (AvgIpc) is 2.44. The lowest BCUT2D eigenvalue weighted by Gasteiger charge is -2.20. The van der Waals surface area contributed by atoms with Gasteiger partial charge >= 0.3 is 0 Å². The van der Waals surface area contributed by atoms with Gasteiger partial charge in [-0.1, -0.05) is 6.07 Å². The van der Waals surface area contributed by atoms with Crippen molar-refractivity contribution in [3.63, 3.8) is 0 Å². The molecule has 104 valence electrons. The lowest BCUT2D eigenvalue weighted by Crippen LogP contribution is -2.30. The van der Waals surface area contributed by atoms with Crippen LogP contribution in [0.1, 0.15) is 28.7 Å². The van der Waals surface area contributed by atoms with E-state index in [1.54, 1.807) is 4.90 Å². The first kappa shape index (κ1) is 14.1. The van der Waals surface area contributed by atoms with Crippen molar-refractivity contribution in [2.75, 3.05) is 6.54 Å². The largest absolute Gasteiger partial charge is 0.333 e. The molecule has 20 heavy (non-hydrogen) atoms. The van der Waals surface area contributed by atoms with E-state index in [4.69, 9.17) is 0 Å². The molecule has 0 spiro atoms. The molecule has 0 fully saturated rings. The Morgan fingerprint density at radius 3 is 2.80 bits per heavy atom. The molecule has 2 aromatic rings. The highest BCUT2D eigenvalue weighted by molar-refractivity contribution is 5.94. The Kier molecular flexibility index (Phi) is 4.40. The first-order chi connectivity index (χ1) is 9.60. The molecule has 0 radical (unpaired) electrons. The van der Waals surface area contributed by atoms with Crippen LogP contribution in [0.2, 0.25) is 0 Å². The van der Waals surface area contributed by atoms with Crippen molar-refractivity contribution in [2.45, 2.75) is 20.4 Å². The van der Waals surface area contributed by atoms with Gasteiger partial charge in [0.25, 0.3) is 5.91 Å². The summed E-state index contributed by atoms with van der Waals surface area (Å²) in [6.45, 7) is 4.71. The summed E-state index contributed by atoms with van der Waals surface area (Å²) >= 11 is 0. The number of pyridine rings is 2. The first-order valence-corrected chi connectivity index (χ1v) is 6.43. The fourth-order valence-electron chi connectivity index (χ4n) is 1.93. The zero-order chi connectivity index (χ0) is 14.5. The third-order valence-electron chi connectivity index (χ3n) is 2.94. The van der Waals surface area contributed by atoms with Gasteiger partial charge in [0.1, 0.15) is 0 Å². The highest BCUT2D eigenvalue weighted by atomic mass is 19.1. The fraction of sp³-hybridized carbons (Fsp3) is 0.267. The maximum Gasteiger partial charge on any atom is 0.254 e. The standard InChI is InChI=1S/C15H16FN3O/c1-3-19(10-13-6-4-5-11(2)18-13)15(20)12-7-8-17-14(16)9-12/h4-9H,3,10H2,1-2H3. The number of aryl methyl sites for hydroxylation is 1. The van der Waals surface area contributed by atoms with Crippen LogP contribution < -0.4 is 0 Å². The number of rotatable bonds is 4. The average molecular weight is 273 g/mol. The number of carbonyl (C=O) groups is 1. The first-order valence-electron chi connectivity index (χ1n) is 6.43. The van der Waals surface area contributed by atoms with Crippen molar-refractivity contribution >= 4 is 5.91 Å². The van der Waals surface area contributed by atoms with Crippen molar-refractivity contribution < 1.29 is 9.18 Å². The van der Waals surface area contributed by atoms with E-state index >= 15 is 0 Å². The van der Waals surface area contributed by atoms with Crippen LogP contribution in [-0.4, -0.2) is 27.3 Å². The summed E-state index contributed by atoms with van der Waals surface area (Å²) < 4.78 is 13.1. The Morgan fingerprint density at radius 2 is 2.15 bits per heavy atom. The second-order valence-electron chi connectivity index (χ2n) is 4.46. The quantitative estimate of drug-likeness (QED) is 0.804. The van der Waals surface area contributed by atoms with Gasteiger partial charge in [0.05, 0.1) is 12.2 Å². The Bertz CT molecular complexity index is 616. The maximum absolute atomic E-state index is 13.1. The minimum atomic E-state index is -0.652. The van der Waals surface area contributed by atoms with E-state index in [-0.39, 0.29) is 5.91 Å². The minimum Gasteiger partial charge on any atom is -0.333 e. The number of halogens is 1. The van der Waals surface area contributed by atoms with Gasteiger partial charge in [-0.05, 0) is 32.0 Å². The third-order valence-corrected chi connectivity index (χ3v) is 2.94. The summed E-state index contributed by atoms with van der Waals surface area (Å²) in [6.07, 6.45) is 1.29. The molecule has 0 saturated heterocycles. The molecular weight excluding hydrogens is 257 g/mol. The lowest BCUT2D eigenvalue weighted by molar-refractivity contribution is 0.0750. The molecule has 0 saturated carbocycles. The molecule has 2 rings (SSSR count). The van der Waals surface area contributed by atoms with E-state index < -0.39 is 5.95 Å². The summed E-state index contributed by atoms with van der Waals surface area (Å²) in [6, 6.07) is 8.34. The molecule has 4 nitrogen and oxygen atoms in total. The molecule has 5 heteroatoms. The minimum absolute atomic E-state index is 0.225. The van der Waals surface area contributed by atoms with E-state index in [9.17, 15) is 9.18 Å². The molecular formula is C15H16FN3O. The molecule has 0 bridgehead atoms. The molecule has 0 aromatic carbocycles. The van der Waals surface area contributed by atoms with Gasteiger partial charge in [-0.25, -0.2) is 4.98 Å². The summed E-state index contributed by atoms with van der Waals surface area (Å²) in [5.41, 5.74) is 2.02. The second-order valence-corrected chi connectivity index (χ2v) is 4.46. The molecule has 2 heterocycles. The van der Waals surface area contributed by atoms with Crippen LogP contribution in [0, 0.1) is 12.9 Å². The molecule has 0 aliphatic carbocycles. The monoisotopic (exact) mass is 273 g/mol. The van der Waals surface area contributed by atoms with Gasteiger partial charge in [0, 0.05) is 30.1 Å². The molecule has 0 N–H and O–H groups in total. The van der Waals surface area contributed by atoms with E-state index in [0.29, 0.717) is 18.7 Å². The van der Waals surface area contributed by atoms with Crippen molar-refractivity contribution in [1.29, 1.82) is 0 Å². The number of carbonyl (C=O) groups excluding carboxylic acids is 1. The van der Waals surface area contributed by atoms with Crippen LogP contribution in [0.3, 0.4) is 0 Å². The van der Waals surface area contributed by atoms with Crippen molar-refractivity contribution in [2.24, 2.45) is 0 Å². The second kappa shape index (κ2) is 6.23. The fourth-order valence-corrected chi connectivity index (χ4v) is 1.93. The zero-order valence-electron chi connectivity index (χ0n) is 11.5. The summed E-state index contributed by atoms with van der Waals surface area (Å²) in [4.78, 5) is 21.8. The van der Waals surface area contributed by atoms with Crippen LogP contribution in [0.25, 0.3) is 0 Å². The Labute approximate surface area is 117 Å². The summed E-state index contributed by atoms with van der Waals surface area (Å²) in [5, 5.41) is 0. The van der Waals surface area contributed by atoms with Crippen LogP contribution in [0.4, 0.5) is 4.39 Å². The number of hydrogen-bond donors (Lipinski definition) is 0. The maximum atomic E-state index is 13.1. The van der Waals surface area contributed by atoms with Gasteiger partial charge in [-0.3, -0.25) is 9.78 Å². The Morgan fingerprint density at radius 1 is 1.35 bits per heavy atom. The smallest absolute Gasteiger partial charge is 0.254 e. The number of nitrogens with zero attached hydrogens (tertiary/aromatic N) is 3. The van der Waals surface area contributed by atoms with Gasteiger partial charge in [0.15, 0.2) is 0 Å². The SMILES string of the molecule is CCN(Cc1cccc(C)n1)C(=O)c1ccnc(F)c1. The zero-order valence-corrected chi connectivity index (χ0v) is 11.5. The van der Waals surface area contributed by atoms with Crippen LogP contribution in [-0.2, 0) is 6.54 Å².